The normalized spacial score (nSPS) is 25.6. The van der Waals surface area contributed by atoms with E-state index in [1.54, 1.807) is 0 Å². The van der Waals surface area contributed by atoms with E-state index in [-0.39, 0.29) is 16.6 Å². The molecule has 0 aromatic carbocycles. The second kappa shape index (κ2) is 5.10. The maximum atomic E-state index is 12.5. The fourth-order valence-corrected chi connectivity index (χ4v) is 3.85. The van der Waals surface area contributed by atoms with Crippen LogP contribution in [-0.2, 0) is 16.6 Å². The van der Waals surface area contributed by atoms with Gasteiger partial charge in [0.1, 0.15) is 4.90 Å². The summed E-state index contributed by atoms with van der Waals surface area (Å²) in [6.07, 6.45) is 1.46. The van der Waals surface area contributed by atoms with Crippen molar-refractivity contribution in [2.45, 2.75) is 37.8 Å². The molecule has 0 saturated carbocycles. The Morgan fingerprint density at radius 2 is 2.26 bits per heavy atom. The maximum Gasteiger partial charge on any atom is 0.248 e. The zero-order valence-corrected chi connectivity index (χ0v) is 12.0. The van der Waals surface area contributed by atoms with Gasteiger partial charge >= 0.3 is 0 Å². The Morgan fingerprint density at radius 3 is 2.79 bits per heavy atom. The molecule has 2 unspecified atom stereocenters. The lowest BCUT2D eigenvalue weighted by Gasteiger charge is -2.33. The van der Waals surface area contributed by atoms with Gasteiger partial charge in [-0.3, -0.25) is 4.68 Å². The van der Waals surface area contributed by atoms with Crippen LogP contribution < -0.4 is 5.73 Å². The zero-order chi connectivity index (χ0) is 14.2. The molecule has 1 aromatic heterocycles. The van der Waals surface area contributed by atoms with Gasteiger partial charge in [-0.2, -0.15) is 9.40 Å². The molecule has 0 amide bonds. The molecule has 7 nitrogen and oxygen atoms in total. The van der Waals surface area contributed by atoms with Crippen LogP contribution in [0.5, 0.6) is 0 Å². The average Bonchev–Trinajstić information content (AvgIpc) is 2.74. The standard InChI is InChI=1S/C11H20N4O3S/c1-3-14-7-10(11(12)13-14)19(17,18)15-5-4-9(16)8(2)6-15/h7-9,16H,3-6H2,1-2H3,(H2,12,13). The largest absolute Gasteiger partial charge is 0.393 e. The predicted molar refractivity (Wildman–Crippen MR) is 70.9 cm³/mol. The summed E-state index contributed by atoms with van der Waals surface area (Å²) in [5, 5.41) is 13.6. The van der Waals surface area contributed by atoms with E-state index in [1.165, 1.54) is 15.2 Å². The molecule has 3 N–H and O–H groups in total. The van der Waals surface area contributed by atoms with E-state index < -0.39 is 16.1 Å². The van der Waals surface area contributed by atoms with Gasteiger partial charge in [-0.1, -0.05) is 6.92 Å². The van der Waals surface area contributed by atoms with Crippen molar-refractivity contribution in [3.05, 3.63) is 6.20 Å². The van der Waals surface area contributed by atoms with E-state index in [9.17, 15) is 13.5 Å². The van der Waals surface area contributed by atoms with Crippen LogP contribution in [0.15, 0.2) is 11.1 Å². The molecule has 0 aliphatic carbocycles. The molecule has 1 aliphatic heterocycles. The molecular formula is C11H20N4O3S. The molecule has 8 heteroatoms. The summed E-state index contributed by atoms with van der Waals surface area (Å²) < 4.78 is 27.9. The van der Waals surface area contributed by atoms with Crippen molar-refractivity contribution in [1.29, 1.82) is 0 Å². The number of piperidine rings is 1. The number of anilines is 1. The fraction of sp³-hybridized carbons (Fsp3) is 0.727. The first-order valence-corrected chi connectivity index (χ1v) is 7.81. The number of hydrogen-bond acceptors (Lipinski definition) is 5. The molecule has 1 aliphatic rings. The number of sulfonamides is 1. The Morgan fingerprint density at radius 1 is 1.58 bits per heavy atom. The molecule has 2 atom stereocenters. The molecule has 0 bridgehead atoms. The van der Waals surface area contributed by atoms with Crippen molar-refractivity contribution in [2.75, 3.05) is 18.8 Å². The molecule has 2 heterocycles. The van der Waals surface area contributed by atoms with Crippen LogP contribution in [0.1, 0.15) is 20.3 Å². The van der Waals surface area contributed by atoms with E-state index in [1.807, 2.05) is 13.8 Å². The van der Waals surface area contributed by atoms with Crippen LogP contribution in [0.2, 0.25) is 0 Å². The topological polar surface area (TPSA) is 101 Å². The Bertz CT molecular complexity index is 554. The third-order valence-corrected chi connectivity index (χ3v) is 5.40. The fourth-order valence-electron chi connectivity index (χ4n) is 2.23. The van der Waals surface area contributed by atoms with E-state index in [0.717, 1.165) is 0 Å². The highest BCUT2D eigenvalue weighted by molar-refractivity contribution is 7.89. The monoisotopic (exact) mass is 288 g/mol. The van der Waals surface area contributed by atoms with Gasteiger partial charge in [-0.25, -0.2) is 8.42 Å². The number of nitrogens with two attached hydrogens (primary N) is 1. The van der Waals surface area contributed by atoms with E-state index in [2.05, 4.69) is 5.10 Å². The highest BCUT2D eigenvalue weighted by atomic mass is 32.2. The molecular weight excluding hydrogens is 268 g/mol. The van der Waals surface area contributed by atoms with E-state index in [0.29, 0.717) is 26.1 Å². The van der Waals surface area contributed by atoms with Gasteiger partial charge in [0.2, 0.25) is 10.0 Å². The minimum atomic E-state index is -3.62. The van der Waals surface area contributed by atoms with Crippen LogP contribution >= 0.6 is 0 Å². The lowest BCUT2D eigenvalue weighted by molar-refractivity contribution is 0.0629. The van der Waals surface area contributed by atoms with Crippen LogP contribution in [0.4, 0.5) is 5.82 Å². The lowest BCUT2D eigenvalue weighted by atomic mass is 9.99. The number of aromatic nitrogens is 2. The molecule has 0 radical (unpaired) electrons. The molecule has 108 valence electrons. The smallest absolute Gasteiger partial charge is 0.248 e. The van der Waals surface area contributed by atoms with Gasteiger partial charge in [0.15, 0.2) is 5.82 Å². The Kier molecular flexibility index (Phi) is 3.84. The van der Waals surface area contributed by atoms with Crippen LogP contribution in [-0.4, -0.2) is 46.8 Å². The summed E-state index contributed by atoms with van der Waals surface area (Å²) in [5.41, 5.74) is 5.68. The molecule has 19 heavy (non-hydrogen) atoms. The van der Waals surface area contributed by atoms with Gasteiger partial charge in [0.05, 0.1) is 6.10 Å². The first-order chi connectivity index (χ1) is 8.86. The summed E-state index contributed by atoms with van der Waals surface area (Å²) in [7, 11) is -3.62. The number of nitrogen functional groups attached to an aromatic ring is 1. The van der Waals surface area contributed by atoms with Crippen molar-refractivity contribution in [3.8, 4) is 0 Å². The first-order valence-electron chi connectivity index (χ1n) is 6.37. The van der Waals surface area contributed by atoms with Crippen LogP contribution in [0.25, 0.3) is 0 Å². The summed E-state index contributed by atoms with van der Waals surface area (Å²) in [6, 6.07) is 0. The quantitative estimate of drug-likeness (QED) is 0.807. The van der Waals surface area contributed by atoms with E-state index >= 15 is 0 Å². The van der Waals surface area contributed by atoms with Gasteiger partial charge in [0, 0.05) is 25.8 Å². The van der Waals surface area contributed by atoms with Gasteiger partial charge in [0.25, 0.3) is 0 Å². The molecule has 1 fully saturated rings. The summed E-state index contributed by atoms with van der Waals surface area (Å²) in [4.78, 5) is 0.0536. The number of aliphatic hydroxyl groups is 1. The van der Waals surface area contributed by atoms with Crippen LogP contribution in [0.3, 0.4) is 0 Å². The zero-order valence-electron chi connectivity index (χ0n) is 11.2. The summed E-state index contributed by atoms with van der Waals surface area (Å²) >= 11 is 0. The molecule has 0 spiro atoms. The van der Waals surface area contributed by atoms with Gasteiger partial charge in [-0.05, 0) is 19.3 Å². The molecule has 2 rings (SSSR count). The Hall–Kier alpha value is -1.12. The van der Waals surface area contributed by atoms with Crippen molar-refractivity contribution in [1.82, 2.24) is 14.1 Å². The number of aryl methyl sites for hydroxylation is 1. The molecule has 1 aromatic rings. The number of hydrogen-bond donors (Lipinski definition) is 2. The Balaban J connectivity index is 2.29. The molecule has 1 saturated heterocycles. The van der Waals surface area contributed by atoms with Crippen molar-refractivity contribution < 1.29 is 13.5 Å². The second-order valence-electron chi connectivity index (χ2n) is 4.93. The number of nitrogens with zero attached hydrogens (tertiary/aromatic N) is 3. The van der Waals surface area contributed by atoms with Crippen molar-refractivity contribution in [3.63, 3.8) is 0 Å². The van der Waals surface area contributed by atoms with Crippen LogP contribution in [0, 0.1) is 5.92 Å². The highest BCUT2D eigenvalue weighted by Crippen LogP contribution is 2.26. The predicted octanol–water partition coefficient (Wildman–Crippen LogP) is -0.123. The third-order valence-electron chi connectivity index (χ3n) is 3.52. The van der Waals surface area contributed by atoms with Gasteiger partial charge < -0.3 is 10.8 Å². The first kappa shape index (κ1) is 14.3. The van der Waals surface area contributed by atoms with Crippen molar-refractivity contribution in [2.24, 2.45) is 5.92 Å². The number of rotatable bonds is 3. The number of aliphatic hydroxyl groups excluding tert-OH is 1. The minimum Gasteiger partial charge on any atom is -0.393 e. The van der Waals surface area contributed by atoms with Gasteiger partial charge in [-0.15, -0.1) is 0 Å². The highest BCUT2D eigenvalue weighted by Gasteiger charge is 2.34. The Labute approximate surface area is 113 Å². The SMILES string of the molecule is CCn1cc(S(=O)(=O)N2CCC(O)C(C)C2)c(N)n1. The third kappa shape index (κ3) is 2.60. The second-order valence-corrected chi connectivity index (χ2v) is 6.84. The minimum absolute atomic E-state index is 0.0284. The maximum absolute atomic E-state index is 12.5. The summed E-state index contributed by atoms with van der Waals surface area (Å²) in [5.74, 6) is -0.0494. The average molecular weight is 288 g/mol. The van der Waals surface area contributed by atoms with E-state index in [4.69, 9.17) is 5.73 Å². The lowest BCUT2D eigenvalue weighted by Crippen LogP contribution is -2.44. The van der Waals surface area contributed by atoms with Crippen molar-refractivity contribution >= 4 is 15.8 Å². The summed E-state index contributed by atoms with van der Waals surface area (Å²) in [6.45, 7) is 4.88.